The van der Waals surface area contributed by atoms with Crippen molar-refractivity contribution in [1.29, 1.82) is 0 Å². The van der Waals surface area contributed by atoms with Gasteiger partial charge in [0.05, 0.1) is 6.61 Å². The van der Waals surface area contributed by atoms with Crippen LogP contribution in [0.15, 0.2) is 16.6 Å². The predicted molar refractivity (Wildman–Crippen MR) is 82.3 cm³/mol. The van der Waals surface area contributed by atoms with Crippen molar-refractivity contribution in [2.75, 3.05) is 7.11 Å². The van der Waals surface area contributed by atoms with Crippen molar-refractivity contribution in [2.45, 2.75) is 59.0 Å². The Morgan fingerprint density at radius 3 is 1.94 bits per heavy atom. The minimum atomic E-state index is 0.128. The van der Waals surface area contributed by atoms with Crippen LogP contribution in [-0.4, -0.2) is 7.11 Å². The third kappa shape index (κ3) is 3.58. The van der Waals surface area contributed by atoms with Crippen LogP contribution in [0.2, 0.25) is 0 Å². The summed E-state index contributed by atoms with van der Waals surface area (Å²) in [6, 6.07) is 4.58. The van der Waals surface area contributed by atoms with Crippen molar-refractivity contribution < 1.29 is 4.74 Å². The maximum Gasteiger partial charge on any atom is 0.0724 e. The van der Waals surface area contributed by atoms with Crippen LogP contribution in [0.3, 0.4) is 0 Å². The van der Waals surface area contributed by atoms with Crippen LogP contribution in [0.25, 0.3) is 0 Å². The van der Waals surface area contributed by atoms with Gasteiger partial charge in [-0.15, -0.1) is 0 Å². The minimum absolute atomic E-state index is 0.128. The van der Waals surface area contributed by atoms with E-state index in [2.05, 4.69) is 69.6 Å². The highest BCUT2D eigenvalue weighted by atomic mass is 79.9. The van der Waals surface area contributed by atoms with Gasteiger partial charge < -0.3 is 4.74 Å². The van der Waals surface area contributed by atoms with E-state index in [9.17, 15) is 0 Å². The van der Waals surface area contributed by atoms with E-state index in [0.29, 0.717) is 6.61 Å². The molecule has 18 heavy (non-hydrogen) atoms. The second-order valence-corrected chi connectivity index (χ2v) is 7.72. The highest BCUT2D eigenvalue weighted by Crippen LogP contribution is 2.36. The van der Waals surface area contributed by atoms with Gasteiger partial charge in [0.1, 0.15) is 0 Å². The van der Waals surface area contributed by atoms with Gasteiger partial charge in [-0.2, -0.15) is 0 Å². The molecule has 0 amide bonds. The number of rotatable bonds is 2. The van der Waals surface area contributed by atoms with Gasteiger partial charge in [-0.25, -0.2) is 0 Å². The molecule has 1 nitrogen and oxygen atoms in total. The summed E-state index contributed by atoms with van der Waals surface area (Å²) in [5, 5.41) is 0. The number of hydrogen-bond donors (Lipinski definition) is 0. The fourth-order valence-electron chi connectivity index (χ4n) is 1.92. The Morgan fingerprint density at radius 2 is 1.56 bits per heavy atom. The Morgan fingerprint density at radius 1 is 1.00 bits per heavy atom. The van der Waals surface area contributed by atoms with Crippen LogP contribution in [-0.2, 0) is 22.2 Å². The molecule has 0 bridgehead atoms. The molecule has 0 fully saturated rings. The van der Waals surface area contributed by atoms with Gasteiger partial charge in [0, 0.05) is 11.6 Å². The molecule has 0 saturated heterocycles. The zero-order valence-corrected chi connectivity index (χ0v) is 14.2. The van der Waals surface area contributed by atoms with Crippen molar-refractivity contribution in [2.24, 2.45) is 0 Å². The highest BCUT2D eigenvalue weighted by Gasteiger charge is 2.23. The SMILES string of the molecule is COCc1cc(C(C)(C)C)cc(C(C)(C)C)c1Br. The van der Waals surface area contributed by atoms with Crippen LogP contribution >= 0.6 is 15.9 Å². The first kappa shape index (κ1) is 15.7. The molecule has 0 aliphatic carbocycles. The van der Waals surface area contributed by atoms with Crippen molar-refractivity contribution in [3.05, 3.63) is 33.3 Å². The Bertz CT molecular complexity index is 422. The van der Waals surface area contributed by atoms with Crippen molar-refractivity contribution in [1.82, 2.24) is 0 Å². The van der Waals surface area contributed by atoms with Gasteiger partial charge in [0.25, 0.3) is 0 Å². The lowest BCUT2D eigenvalue weighted by Gasteiger charge is -2.27. The molecular weight excluding hydrogens is 288 g/mol. The van der Waals surface area contributed by atoms with Gasteiger partial charge in [-0.05, 0) is 27.5 Å². The first-order valence-corrected chi connectivity index (χ1v) is 7.19. The maximum absolute atomic E-state index is 5.31. The predicted octanol–water partition coefficient (Wildman–Crippen LogP) is 5.19. The number of halogens is 1. The molecule has 2 heteroatoms. The summed E-state index contributed by atoms with van der Waals surface area (Å²) in [6.07, 6.45) is 0. The molecule has 0 atom stereocenters. The van der Waals surface area contributed by atoms with E-state index in [4.69, 9.17) is 4.74 Å². The molecule has 1 rings (SSSR count). The fraction of sp³-hybridized carbons (Fsp3) is 0.625. The van der Waals surface area contributed by atoms with E-state index in [1.54, 1.807) is 7.11 Å². The van der Waals surface area contributed by atoms with Crippen LogP contribution in [0.1, 0.15) is 58.2 Å². The lowest BCUT2D eigenvalue weighted by atomic mass is 9.79. The highest BCUT2D eigenvalue weighted by molar-refractivity contribution is 9.10. The molecule has 1 aromatic carbocycles. The Hall–Kier alpha value is -0.340. The lowest BCUT2D eigenvalue weighted by molar-refractivity contribution is 0.184. The van der Waals surface area contributed by atoms with E-state index in [-0.39, 0.29) is 10.8 Å². The molecule has 102 valence electrons. The van der Waals surface area contributed by atoms with E-state index in [1.165, 1.54) is 21.2 Å². The number of ether oxygens (including phenoxy) is 1. The van der Waals surface area contributed by atoms with E-state index in [0.717, 1.165) is 0 Å². The topological polar surface area (TPSA) is 9.23 Å². The zero-order chi connectivity index (χ0) is 14.1. The fourth-order valence-corrected chi connectivity index (χ4v) is 2.86. The second kappa shape index (κ2) is 5.34. The van der Waals surface area contributed by atoms with Gasteiger partial charge in [-0.1, -0.05) is 69.6 Å². The molecule has 0 radical (unpaired) electrons. The third-order valence-electron chi connectivity index (χ3n) is 3.12. The molecule has 1 aromatic rings. The largest absolute Gasteiger partial charge is 0.380 e. The van der Waals surface area contributed by atoms with Gasteiger partial charge in [0.2, 0.25) is 0 Å². The van der Waals surface area contributed by atoms with Crippen molar-refractivity contribution in [3.63, 3.8) is 0 Å². The molecule has 0 aliphatic heterocycles. The molecule has 0 saturated carbocycles. The Balaban J connectivity index is 3.47. The monoisotopic (exact) mass is 312 g/mol. The number of benzene rings is 1. The van der Waals surface area contributed by atoms with Gasteiger partial charge in [0.15, 0.2) is 0 Å². The average molecular weight is 313 g/mol. The minimum Gasteiger partial charge on any atom is -0.380 e. The average Bonchev–Trinajstić information content (AvgIpc) is 2.17. The summed E-state index contributed by atoms with van der Waals surface area (Å²) >= 11 is 3.74. The van der Waals surface area contributed by atoms with Crippen LogP contribution in [0.4, 0.5) is 0 Å². The first-order valence-electron chi connectivity index (χ1n) is 6.39. The molecule has 0 aromatic heterocycles. The van der Waals surface area contributed by atoms with E-state index >= 15 is 0 Å². The Kier molecular flexibility index (Phi) is 4.66. The number of hydrogen-bond acceptors (Lipinski definition) is 1. The van der Waals surface area contributed by atoms with Gasteiger partial charge in [-0.3, -0.25) is 0 Å². The standard InChI is InChI=1S/C16H25BrO/c1-15(2,3)12-8-11(10-18-7)14(17)13(9-12)16(4,5)6/h8-9H,10H2,1-7H3. The summed E-state index contributed by atoms with van der Waals surface area (Å²) < 4.78 is 6.50. The molecule has 0 spiro atoms. The zero-order valence-electron chi connectivity index (χ0n) is 12.6. The molecular formula is C16H25BrO. The van der Waals surface area contributed by atoms with Crippen LogP contribution in [0, 0.1) is 0 Å². The molecule has 0 N–H and O–H groups in total. The second-order valence-electron chi connectivity index (χ2n) is 6.93. The van der Waals surface area contributed by atoms with Crippen molar-refractivity contribution in [3.8, 4) is 0 Å². The first-order chi connectivity index (χ1) is 8.07. The summed E-state index contributed by atoms with van der Waals surface area (Å²) in [5.41, 5.74) is 4.23. The van der Waals surface area contributed by atoms with E-state index < -0.39 is 0 Å². The Labute approximate surface area is 120 Å². The maximum atomic E-state index is 5.31. The van der Waals surface area contributed by atoms with Crippen molar-refractivity contribution >= 4 is 15.9 Å². The van der Waals surface area contributed by atoms with Crippen LogP contribution < -0.4 is 0 Å². The van der Waals surface area contributed by atoms with E-state index in [1.807, 2.05) is 0 Å². The lowest BCUT2D eigenvalue weighted by Crippen LogP contribution is -2.18. The number of methoxy groups -OCH3 is 1. The van der Waals surface area contributed by atoms with Crippen LogP contribution in [0.5, 0.6) is 0 Å². The quantitative estimate of drug-likeness (QED) is 0.730. The molecule has 0 heterocycles. The molecule has 0 aliphatic rings. The summed E-state index contributed by atoms with van der Waals surface area (Å²) in [6.45, 7) is 14.1. The summed E-state index contributed by atoms with van der Waals surface area (Å²) in [4.78, 5) is 0. The van der Waals surface area contributed by atoms with Gasteiger partial charge >= 0.3 is 0 Å². The normalized spacial score (nSPS) is 12.9. The summed E-state index contributed by atoms with van der Waals surface area (Å²) in [7, 11) is 1.74. The smallest absolute Gasteiger partial charge is 0.0724 e. The summed E-state index contributed by atoms with van der Waals surface area (Å²) in [5.74, 6) is 0. The molecule has 0 unspecified atom stereocenters. The third-order valence-corrected chi connectivity index (χ3v) is 4.06.